The third-order valence-corrected chi connectivity index (χ3v) is 6.22. The Morgan fingerprint density at radius 1 is 1.04 bits per heavy atom. The Kier molecular flexibility index (Phi) is 9.29. The predicted molar refractivity (Wildman–Crippen MR) is 104 cm³/mol. The quantitative estimate of drug-likeness (QED) is 0.272. The van der Waals surface area contributed by atoms with Crippen LogP contribution in [-0.4, -0.2) is 51.3 Å². The van der Waals surface area contributed by atoms with Crippen molar-refractivity contribution >= 4 is 32.0 Å². The molecule has 1 aromatic carbocycles. The largest absolute Gasteiger partial charge is 0.508 e. The standard InChI is InChI=1S/C19H24O8Si/c1-5-25-28(4,26-6-2)19(23)12-11-18(22)27-17(21)10-8-14-7-9-15(20)13-16(14)24-3/h7-13,20H,5-6H2,1-4H3. The van der Waals surface area contributed by atoms with Crippen LogP contribution in [0, 0.1) is 0 Å². The van der Waals surface area contributed by atoms with Gasteiger partial charge in [0.05, 0.1) is 7.11 Å². The maximum Gasteiger partial charge on any atom is 0.412 e. The van der Waals surface area contributed by atoms with Gasteiger partial charge >= 0.3 is 20.5 Å². The van der Waals surface area contributed by atoms with Gasteiger partial charge in [-0.2, -0.15) is 0 Å². The molecule has 0 amide bonds. The molecule has 0 spiro atoms. The predicted octanol–water partition coefficient (Wildman–Crippen LogP) is 2.29. The van der Waals surface area contributed by atoms with Crippen LogP contribution in [-0.2, 0) is 28.0 Å². The van der Waals surface area contributed by atoms with Gasteiger partial charge in [-0.3, -0.25) is 4.79 Å². The monoisotopic (exact) mass is 408 g/mol. The molecule has 0 heterocycles. The van der Waals surface area contributed by atoms with E-state index in [-0.39, 0.29) is 5.75 Å². The summed E-state index contributed by atoms with van der Waals surface area (Å²) in [6, 6.07) is 4.33. The average Bonchev–Trinajstić information content (AvgIpc) is 2.65. The van der Waals surface area contributed by atoms with Gasteiger partial charge in [0.1, 0.15) is 11.5 Å². The maximum absolute atomic E-state index is 12.2. The lowest BCUT2D eigenvalue weighted by Crippen LogP contribution is -2.47. The molecule has 0 fully saturated rings. The number of phenolic OH excluding ortho intramolecular Hbond substituents is 1. The minimum absolute atomic E-state index is 0.0104. The van der Waals surface area contributed by atoms with Crippen LogP contribution in [0.5, 0.6) is 11.5 Å². The molecule has 0 aliphatic rings. The summed E-state index contributed by atoms with van der Waals surface area (Å²) >= 11 is 0. The molecule has 0 aromatic heterocycles. The van der Waals surface area contributed by atoms with E-state index in [1.807, 2.05) is 0 Å². The Hall–Kier alpha value is -2.75. The zero-order valence-corrected chi connectivity index (χ0v) is 17.3. The Morgan fingerprint density at radius 2 is 1.64 bits per heavy atom. The third kappa shape index (κ3) is 7.10. The van der Waals surface area contributed by atoms with Crippen LogP contribution in [0.15, 0.2) is 36.4 Å². The Balaban J connectivity index is 2.71. The topological polar surface area (TPSA) is 108 Å². The van der Waals surface area contributed by atoms with Gasteiger partial charge in [0.25, 0.3) is 0 Å². The van der Waals surface area contributed by atoms with Gasteiger partial charge in [-0.05, 0) is 44.7 Å². The van der Waals surface area contributed by atoms with E-state index < -0.39 is 25.9 Å². The average molecular weight is 408 g/mol. The minimum Gasteiger partial charge on any atom is -0.508 e. The number of hydrogen-bond donors (Lipinski definition) is 1. The second-order valence-corrected chi connectivity index (χ2v) is 8.47. The Morgan fingerprint density at radius 3 is 2.21 bits per heavy atom. The molecule has 0 aliphatic heterocycles. The molecule has 28 heavy (non-hydrogen) atoms. The molecule has 0 saturated heterocycles. The fourth-order valence-corrected chi connectivity index (χ4v) is 4.05. The van der Waals surface area contributed by atoms with E-state index in [9.17, 15) is 19.5 Å². The number of rotatable bonds is 10. The molecule has 1 rings (SSSR count). The fourth-order valence-electron chi connectivity index (χ4n) is 2.19. The first kappa shape index (κ1) is 23.3. The summed E-state index contributed by atoms with van der Waals surface area (Å²) in [5, 5.41) is 8.95. The number of carbonyl (C=O) groups excluding carboxylic acids is 3. The SMILES string of the molecule is CCO[Si](C)(OCC)C(=O)C=CC(=O)OC(=O)C=Cc1ccc(O)cc1OC. The van der Waals surface area contributed by atoms with Crippen molar-refractivity contribution in [2.75, 3.05) is 20.3 Å². The highest BCUT2D eigenvalue weighted by Crippen LogP contribution is 2.24. The first-order valence-electron chi connectivity index (χ1n) is 8.57. The Bertz CT molecular complexity index is 763. The van der Waals surface area contributed by atoms with Crippen LogP contribution in [0.25, 0.3) is 6.08 Å². The molecule has 0 unspecified atom stereocenters. The summed E-state index contributed by atoms with van der Waals surface area (Å²) in [5.41, 5.74) is 0.505. The number of methoxy groups -OCH3 is 1. The van der Waals surface area contributed by atoms with E-state index in [4.69, 9.17) is 13.6 Å². The van der Waals surface area contributed by atoms with Crippen molar-refractivity contribution in [3.63, 3.8) is 0 Å². The number of carbonyl (C=O) groups is 3. The summed E-state index contributed by atoms with van der Waals surface area (Å²) in [6.07, 6.45) is 4.26. The van der Waals surface area contributed by atoms with E-state index in [1.165, 1.54) is 31.4 Å². The number of allylic oxidation sites excluding steroid dienone is 1. The number of aromatic hydroxyl groups is 1. The van der Waals surface area contributed by atoms with Crippen molar-refractivity contribution in [2.24, 2.45) is 0 Å². The summed E-state index contributed by atoms with van der Waals surface area (Å²) in [4.78, 5) is 35.7. The molecule has 0 atom stereocenters. The first-order chi connectivity index (χ1) is 13.3. The van der Waals surface area contributed by atoms with E-state index in [0.29, 0.717) is 24.5 Å². The fraction of sp³-hybridized carbons (Fsp3) is 0.316. The van der Waals surface area contributed by atoms with Crippen molar-refractivity contribution in [1.29, 1.82) is 0 Å². The van der Waals surface area contributed by atoms with Gasteiger partial charge in [-0.15, -0.1) is 0 Å². The van der Waals surface area contributed by atoms with Crippen LogP contribution < -0.4 is 4.74 Å². The molecule has 152 valence electrons. The van der Waals surface area contributed by atoms with E-state index in [0.717, 1.165) is 18.2 Å². The van der Waals surface area contributed by atoms with Crippen LogP contribution in [0.4, 0.5) is 0 Å². The van der Waals surface area contributed by atoms with Crippen molar-refractivity contribution in [2.45, 2.75) is 20.4 Å². The van der Waals surface area contributed by atoms with Crippen LogP contribution in [0.2, 0.25) is 6.55 Å². The lowest BCUT2D eigenvalue weighted by Gasteiger charge is -2.22. The molecular weight excluding hydrogens is 384 g/mol. The Labute approximate surface area is 164 Å². The lowest BCUT2D eigenvalue weighted by atomic mass is 10.2. The lowest BCUT2D eigenvalue weighted by molar-refractivity contribution is -0.152. The van der Waals surface area contributed by atoms with Crippen molar-refractivity contribution in [3.8, 4) is 11.5 Å². The first-order valence-corrected chi connectivity index (χ1v) is 10.9. The van der Waals surface area contributed by atoms with Crippen molar-refractivity contribution in [3.05, 3.63) is 42.0 Å². The molecule has 0 aliphatic carbocycles. The third-order valence-electron chi connectivity index (χ3n) is 3.48. The maximum atomic E-state index is 12.2. The van der Waals surface area contributed by atoms with E-state index >= 15 is 0 Å². The zero-order valence-electron chi connectivity index (χ0n) is 16.3. The van der Waals surface area contributed by atoms with Crippen LogP contribution >= 0.6 is 0 Å². The molecule has 1 aromatic rings. The summed E-state index contributed by atoms with van der Waals surface area (Å²) in [7, 11) is -1.69. The number of esters is 2. The smallest absolute Gasteiger partial charge is 0.412 e. The number of ether oxygens (including phenoxy) is 2. The van der Waals surface area contributed by atoms with Gasteiger partial charge in [0, 0.05) is 37.0 Å². The van der Waals surface area contributed by atoms with Crippen LogP contribution in [0.3, 0.4) is 0 Å². The summed E-state index contributed by atoms with van der Waals surface area (Å²) in [5.74, 6) is -1.56. The van der Waals surface area contributed by atoms with E-state index in [2.05, 4.69) is 4.74 Å². The molecule has 0 radical (unpaired) electrons. The normalized spacial score (nSPS) is 11.7. The highest BCUT2D eigenvalue weighted by atomic mass is 28.4. The minimum atomic E-state index is -3.10. The van der Waals surface area contributed by atoms with Gasteiger partial charge in [0.2, 0.25) is 0 Å². The molecule has 0 saturated carbocycles. The van der Waals surface area contributed by atoms with Crippen LogP contribution in [0.1, 0.15) is 19.4 Å². The second kappa shape index (κ2) is 11.2. The highest BCUT2D eigenvalue weighted by molar-refractivity contribution is 6.97. The zero-order chi connectivity index (χ0) is 21.2. The molecule has 1 N–H and O–H groups in total. The molecule has 9 heteroatoms. The van der Waals surface area contributed by atoms with Gasteiger partial charge < -0.3 is 23.4 Å². The van der Waals surface area contributed by atoms with Crippen molar-refractivity contribution in [1.82, 2.24) is 0 Å². The summed E-state index contributed by atoms with van der Waals surface area (Å²) in [6.45, 7) is 5.66. The number of hydrogen-bond acceptors (Lipinski definition) is 8. The molecule has 8 nitrogen and oxygen atoms in total. The van der Waals surface area contributed by atoms with Gasteiger partial charge in [0.15, 0.2) is 5.41 Å². The number of phenols is 1. The molecular formula is C19H24O8Si. The van der Waals surface area contributed by atoms with Crippen molar-refractivity contribution < 1.29 is 37.8 Å². The number of benzene rings is 1. The van der Waals surface area contributed by atoms with Gasteiger partial charge in [-0.1, -0.05) is 0 Å². The van der Waals surface area contributed by atoms with E-state index in [1.54, 1.807) is 20.4 Å². The highest BCUT2D eigenvalue weighted by Gasteiger charge is 2.38. The second-order valence-electron chi connectivity index (χ2n) is 5.51. The summed E-state index contributed by atoms with van der Waals surface area (Å²) < 4.78 is 20.5. The van der Waals surface area contributed by atoms with Gasteiger partial charge in [-0.25, -0.2) is 9.59 Å². The molecule has 0 bridgehead atoms.